The van der Waals surface area contributed by atoms with Gasteiger partial charge in [0.25, 0.3) is 0 Å². The molecule has 0 heterocycles. The van der Waals surface area contributed by atoms with E-state index in [9.17, 15) is 14.0 Å². The highest BCUT2D eigenvalue weighted by Gasteiger charge is 2.23. The van der Waals surface area contributed by atoms with Crippen molar-refractivity contribution < 1.29 is 28.9 Å². The molecule has 0 radical (unpaired) electrons. The van der Waals surface area contributed by atoms with Crippen molar-refractivity contribution in [3.05, 3.63) is 0 Å². The number of rotatable bonds is 6. The predicted molar refractivity (Wildman–Crippen MR) is 62.0 cm³/mol. The number of aliphatic hydroxyl groups is 1. The Labute approximate surface area is 105 Å². The maximum atomic E-state index is 13.0. The van der Waals surface area contributed by atoms with Gasteiger partial charge in [-0.2, -0.15) is 0 Å². The molecule has 0 saturated carbocycles. The Bertz CT molecular complexity index is 290. The normalized spacial score (nSPS) is 14.7. The minimum atomic E-state index is -1.58. The number of alkyl carbamates (subject to hydrolysis) is 1. The average Bonchev–Trinajstić information content (AvgIpc) is 2.12. The number of carbonyl (C=O) groups is 2. The number of halogens is 1. The summed E-state index contributed by atoms with van der Waals surface area (Å²) in [6.07, 6.45) is -3.09. The van der Waals surface area contributed by atoms with Crippen LogP contribution >= 0.6 is 0 Å². The second-order valence-electron chi connectivity index (χ2n) is 4.96. The Morgan fingerprint density at radius 3 is 2.33 bits per heavy atom. The van der Waals surface area contributed by atoms with E-state index in [1.54, 1.807) is 20.8 Å². The van der Waals surface area contributed by atoms with Crippen LogP contribution in [0.4, 0.5) is 9.18 Å². The Balaban J connectivity index is 4.39. The molecule has 0 aliphatic carbocycles. The number of aliphatic carboxylic acids is 1. The topological polar surface area (TPSA) is 95.9 Å². The maximum Gasteiger partial charge on any atom is 0.407 e. The van der Waals surface area contributed by atoms with Crippen molar-refractivity contribution in [2.45, 2.75) is 51.4 Å². The van der Waals surface area contributed by atoms with Gasteiger partial charge in [0.15, 0.2) is 0 Å². The second-order valence-corrected chi connectivity index (χ2v) is 4.96. The molecule has 0 bridgehead atoms. The number of carbonyl (C=O) groups excluding carboxylic acids is 1. The quantitative estimate of drug-likeness (QED) is 0.667. The smallest absolute Gasteiger partial charge is 0.407 e. The Morgan fingerprint density at radius 1 is 1.39 bits per heavy atom. The number of carboxylic acids is 1. The van der Waals surface area contributed by atoms with Gasteiger partial charge in [-0.15, -0.1) is 0 Å². The third-order valence-corrected chi connectivity index (χ3v) is 1.88. The summed E-state index contributed by atoms with van der Waals surface area (Å²) >= 11 is 0. The van der Waals surface area contributed by atoms with Crippen LogP contribution in [0.1, 0.15) is 33.6 Å². The van der Waals surface area contributed by atoms with Crippen LogP contribution in [0.2, 0.25) is 0 Å². The first kappa shape index (κ1) is 16.6. The van der Waals surface area contributed by atoms with E-state index < -0.39 is 42.9 Å². The molecule has 1 unspecified atom stereocenters. The number of carboxylic acid groups (broad SMARTS) is 1. The first-order chi connectivity index (χ1) is 8.14. The van der Waals surface area contributed by atoms with E-state index in [2.05, 4.69) is 5.32 Å². The summed E-state index contributed by atoms with van der Waals surface area (Å²) in [5.41, 5.74) is -0.718. The van der Waals surface area contributed by atoms with Gasteiger partial charge in [0.2, 0.25) is 0 Å². The largest absolute Gasteiger partial charge is 0.481 e. The van der Waals surface area contributed by atoms with E-state index in [0.29, 0.717) is 0 Å². The van der Waals surface area contributed by atoms with Gasteiger partial charge in [0.05, 0.1) is 13.0 Å². The van der Waals surface area contributed by atoms with Crippen molar-refractivity contribution >= 4 is 12.1 Å². The predicted octanol–water partition coefficient (Wildman–Crippen LogP) is 1.07. The molecule has 0 fully saturated rings. The molecule has 7 heteroatoms. The van der Waals surface area contributed by atoms with Gasteiger partial charge >= 0.3 is 12.1 Å². The summed E-state index contributed by atoms with van der Waals surface area (Å²) in [5.74, 6) is -1.17. The van der Waals surface area contributed by atoms with Crippen molar-refractivity contribution in [1.82, 2.24) is 5.32 Å². The zero-order valence-corrected chi connectivity index (χ0v) is 10.8. The summed E-state index contributed by atoms with van der Waals surface area (Å²) in [6, 6.07) is -0.917. The number of hydrogen-bond donors (Lipinski definition) is 3. The zero-order valence-electron chi connectivity index (χ0n) is 10.8. The maximum absolute atomic E-state index is 13.0. The molecule has 18 heavy (non-hydrogen) atoms. The lowest BCUT2D eigenvalue weighted by Crippen LogP contribution is -2.41. The number of ether oxygens (including phenoxy) is 1. The molecule has 0 aliphatic heterocycles. The van der Waals surface area contributed by atoms with Crippen molar-refractivity contribution in [2.24, 2.45) is 0 Å². The number of alkyl halides is 1. The van der Waals surface area contributed by atoms with Crippen LogP contribution in [0.25, 0.3) is 0 Å². The van der Waals surface area contributed by atoms with Crippen LogP contribution in [-0.2, 0) is 9.53 Å². The molecule has 0 aliphatic rings. The standard InChI is InChI=1S/C11H20FNO5/c1-11(2,3)18-10(17)13-8(5-9(15)16)4-7(12)6-14/h7-8,14H,4-6H2,1-3H3,(H,13,17)(H,15,16)/t7?,8-/m0/s1. The van der Waals surface area contributed by atoms with Crippen molar-refractivity contribution in [1.29, 1.82) is 0 Å². The van der Waals surface area contributed by atoms with E-state index >= 15 is 0 Å². The van der Waals surface area contributed by atoms with E-state index in [1.165, 1.54) is 0 Å². The lowest BCUT2D eigenvalue weighted by Gasteiger charge is -2.23. The Hall–Kier alpha value is -1.37. The van der Waals surface area contributed by atoms with Crippen LogP contribution in [0.15, 0.2) is 0 Å². The first-order valence-electron chi connectivity index (χ1n) is 5.60. The van der Waals surface area contributed by atoms with Gasteiger partial charge in [-0.1, -0.05) is 0 Å². The van der Waals surface area contributed by atoms with E-state index in [4.69, 9.17) is 14.9 Å². The highest BCUT2D eigenvalue weighted by Crippen LogP contribution is 2.10. The third-order valence-electron chi connectivity index (χ3n) is 1.88. The molecule has 0 saturated heterocycles. The van der Waals surface area contributed by atoms with Gasteiger partial charge in [0.1, 0.15) is 11.8 Å². The summed E-state index contributed by atoms with van der Waals surface area (Å²) < 4.78 is 17.9. The highest BCUT2D eigenvalue weighted by molar-refractivity contribution is 5.71. The van der Waals surface area contributed by atoms with Gasteiger partial charge < -0.3 is 20.3 Å². The van der Waals surface area contributed by atoms with E-state index in [1.807, 2.05) is 0 Å². The molecule has 0 spiro atoms. The fraction of sp³-hybridized carbons (Fsp3) is 0.818. The molecule has 106 valence electrons. The molecule has 0 aromatic rings. The Kier molecular flexibility index (Phi) is 6.61. The summed E-state index contributed by atoms with van der Waals surface area (Å²) in [6.45, 7) is 4.26. The van der Waals surface area contributed by atoms with E-state index in [-0.39, 0.29) is 6.42 Å². The molecule has 2 atom stereocenters. The van der Waals surface area contributed by atoms with Crippen LogP contribution in [0.3, 0.4) is 0 Å². The monoisotopic (exact) mass is 265 g/mol. The lowest BCUT2D eigenvalue weighted by molar-refractivity contribution is -0.137. The molecular weight excluding hydrogens is 245 g/mol. The molecule has 0 aromatic carbocycles. The minimum Gasteiger partial charge on any atom is -0.481 e. The van der Waals surface area contributed by atoms with Crippen molar-refractivity contribution in [3.63, 3.8) is 0 Å². The van der Waals surface area contributed by atoms with Crippen LogP contribution < -0.4 is 5.32 Å². The zero-order chi connectivity index (χ0) is 14.3. The highest BCUT2D eigenvalue weighted by atomic mass is 19.1. The molecule has 6 nitrogen and oxygen atoms in total. The molecular formula is C11H20FNO5. The first-order valence-corrected chi connectivity index (χ1v) is 5.60. The van der Waals surface area contributed by atoms with Crippen LogP contribution in [0.5, 0.6) is 0 Å². The van der Waals surface area contributed by atoms with Crippen LogP contribution in [-0.4, -0.2) is 46.7 Å². The molecule has 3 N–H and O–H groups in total. The van der Waals surface area contributed by atoms with Crippen molar-refractivity contribution in [3.8, 4) is 0 Å². The molecule has 1 amide bonds. The Morgan fingerprint density at radius 2 is 1.94 bits per heavy atom. The molecule has 0 aromatic heterocycles. The van der Waals surface area contributed by atoms with E-state index in [0.717, 1.165) is 0 Å². The SMILES string of the molecule is CC(C)(C)OC(=O)N[C@H](CC(=O)O)CC(F)CO. The summed E-state index contributed by atoms with van der Waals surface area (Å²) in [5, 5.41) is 19.5. The summed E-state index contributed by atoms with van der Waals surface area (Å²) in [4.78, 5) is 22.0. The third kappa shape index (κ3) is 8.74. The van der Waals surface area contributed by atoms with Crippen LogP contribution in [0, 0.1) is 0 Å². The molecule has 0 rings (SSSR count). The van der Waals surface area contributed by atoms with Crippen molar-refractivity contribution in [2.75, 3.05) is 6.61 Å². The number of nitrogens with one attached hydrogen (secondary N) is 1. The summed E-state index contributed by atoms with van der Waals surface area (Å²) in [7, 11) is 0. The van der Waals surface area contributed by atoms with Gasteiger partial charge in [-0.3, -0.25) is 4.79 Å². The fourth-order valence-corrected chi connectivity index (χ4v) is 1.26. The number of aliphatic hydroxyl groups excluding tert-OH is 1. The fourth-order valence-electron chi connectivity index (χ4n) is 1.26. The van der Waals surface area contributed by atoms with Gasteiger partial charge in [-0.25, -0.2) is 9.18 Å². The average molecular weight is 265 g/mol. The van der Waals surface area contributed by atoms with Gasteiger partial charge in [0, 0.05) is 12.5 Å². The minimum absolute atomic E-state index is 0.276. The number of hydrogen-bond acceptors (Lipinski definition) is 4. The number of amides is 1. The van der Waals surface area contributed by atoms with Gasteiger partial charge in [-0.05, 0) is 20.8 Å². The second kappa shape index (κ2) is 7.15. The lowest BCUT2D eigenvalue weighted by atomic mass is 10.1.